The molecule has 1 N–H and O–H groups in total. The van der Waals surface area contributed by atoms with Crippen LogP contribution in [-0.4, -0.2) is 31.4 Å². The summed E-state index contributed by atoms with van der Waals surface area (Å²) < 4.78 is 40.3. The van der Waals surface area contributed by atoms with Gasteiger partial charge in [0.1, 0.15) is 0 Å². The van der Waals surface area contributed by atoms with Crippen LogP contribution in [0.5, 0.6) is 0 Å². The smallest absolute Gasteiger partial charge is 0.324 e. The lowest BCUT2D eigenvalue weighted by atomic mass is 10.1. The van der Waals surface area contributed by atoms with Crippen molar-refractivity contribution in [1.82, 2.24) is 20.2 Å². The van der Waals surface area contributed by atoms with Crippen LogP contribution in [0, 0.1) is 13.8 Å². The number of nitrogens with one attached hydrogen (secondary N) is 1. The van der Waals surface area contributed by atoms with Crippen molar-refractivity contribution in [3.05, 3.63) is 58.1 Å². The van der Waals surface area contributed by atoms with Crippen LogP contribution in [0.3, 0.4) is 0 Å². The second-order valence-corrected chi connectivity index (χ2v) is 8.32. The first-order valence-electron chi connectivity index (χ1n) is 8.76. The molecule has 11 heteroatoms. The number of aryl methyl sites for hydroxylation is 2. The van der Waals surface area contributed by atoms with E-state index in [1.54, 1.807) is 6.92 Å². The largest absolute Gasteiger partial charge is 0.416 e. The van der Waals surface area contributed by atoms with Gasteiger partial charge in [-0.2, -0.15) is 17.9 Å². The molecule has 1 amide bonds. The van der Waals surface area contributed by atoms with E-state index in [1.165, 1.54) is 4.68 Å². The summed E-state index contributed by atoms with van der Waals surface area (Å²) >= 11 is 7.02. The average molecular weight is 456 g/mol. The van der Waals surface area contributed by atoms with E-state index in [2.05, 4.69) is 20.8 Å². The van der Waals surface area contributed by atoms with Crippen molar-refractivity contribution in [2.45, 2.75) is 37.4 Å². The Labute approximate surface area is 179 Å². The van der Waals surface area contributed by atoms with Gasteiger partial charge in [0.25, 0.3) is 0 Å². The standard InChI is InChI=1S/C19H17ClF3N5OS/c1-10-4-7-16(11(2)8-10)28-18(25-26-27-28)30-12(3)17(29)24-15-9-13(19(21,22)23)5-6-14(15)20/h4-9,12H,1-3H3,(H,24,29). The summed E-state index contributed by atoms with van der Waals surface area (Å²) in [5.74, 6) is -0.531. The van der Waals surface area contributed by atoms with Gasteiger partial charge in [-0.3, -0.25) is 4.79 Å². The summed E-state index contributed by atoms with van der Waals surface area (Å²) in [5.41, 5.74) is 1.79. The van der Waals surface area contributed by atoms with Gasteiger partial charge in [-0.25, -0.2) is 0 Å². The van der Waals surface area contributed by atoms with Crippen LogP contribution in [0.1, 0.15) is 23.6 Å². The van der Waals surface area contributed by atoms with Crippen molar-refractivity contribution in [3.63, 3.8) is 0 Å². The van der Waals surface area contributed by atoms with Crippen LogP contribution in [-0.2, 0) is 11.0 Å². The Morgan fingerprint density at radius 1 is 1.20 bits per heavy atom. The molecule has 0 aliphatic heterocycles. The summed E-state index contributed by atoms with van der Waals surface area (Å²) in [4.78, 5) is 12.6. The van der Waals surface area contributed by atoms with Crippen LogP contribution in [0.25, 0.3) is 5.69 Å². The minimum absolute atomic E-state index is 0.00802. The van der Waals surface area contributed by atoms with Gasteiger partial charge < -0.3 is 5.32 Å². The third-order valence-corrected chi connectivity index (χ3v) is 5.59. The lowest BCUT2D eigenvalue weighted by molar-refractivity contribution is -0.137. The number of amides is 1. The Kier molecular flexibility index (Phi) is 6.37. The second kappa shape index (κ2) is 8.65. The number of hydrogen-bond donors (Lipinski definition) is 1. The molecule has 0 aliphatic carbocycles. The van der Waals surface area contributed by atoms with Gasteiger partial charge in [0.15, 0.2) is 0 Å². The van der Waals surface area contributed by atoms with Crippen molar-refractivity contribution in [1.29, 1.82) is 0 Å². The summed E-state index contributed by atoms with van der Waals surface area (Å²) in [6, 6.07) is 8.53. The van der Waals surface area contributed by atoms with Crippen LogP contribution >= 0.6 is 23.4 Å². The summed E-state index contributed by atoms with van der Waals surface area (Å²) in [6.45, 7) is 5.49. The van der Waals surface area contributed by atoms with E-state index in [-0.39, 0.29) is 10.7 Å². The molecule has 1 unspecified atom stereocenters. The molecule has 3 rings (SSSR count). The predicted molar refractivity (Wildman–Crippen MR) is 109 cm³/mol. The fourth-order valence-electron chi connectivity index (χ4n) is 2.69. The molecular weight excluding hydrogens is 439 g/mol. The third-order valence-electron chi connectivity index (χ3n) is 4.22. The van der Waals surface area contributed by atoms with Crippen LogP contribution < -0.4 is 5.32 Å². The van der Waals surface area contributed by atoms with Gasteiger partial charge in [-0.05, 0) is 61.0 Å². The number of alkyl halides is 3. The Balaban J connectivity index is 1.77. The molecule has 30 heavy (non-hydrogen) atoms. The first kappa shape index (κ1) is 22.1. The van der Waals surface area contributed by atoms with E-state index in [9.17, 15) is 18.0 Å². The number of thioether (sulfide) groups is 1. The highest BCUT2D eigenvalue weighted by molar-refractivity contribution is 8.00. The molecular formula is C19H17ClF3N5OS. The molecule has 1 heterocycles. The van der Waals surface area contributed by atoms with Crippen molar-refractivity contribution in [2.24, 2.45) is 0 Å². The molecule has 0 aliphatic rings. The number of tetrazole rings is 1. The molecule has 1 atom stereocenters. The molecule has 0 spiro atoms. The van der Waals surface area contributed by atoms with E-state index < -0.39 is 22.9 Å². The van der Waals surface area contributed by atoms with Crippen LogP contribution in [0.15, 0.2) is 41.6 Å². The Bertz CT molecular complexity index is 1090. The van der Waals surface area contributed by atoms with E-state index in [4.69, 9.17) is 11.6 Å². The predicted octanol–water partition coefficient (Wildman–Crippen LogP) is 5.07. The number of nitrogens with zero attached hydrogens (tertiary/aromatic N) is 4. The number of carbonyl (C=O) groups is 1. The first-order valence-corrected chi connectivity index (χ1v) is 10.0. The second-order valence-electron chi connectivity index (χ2n) is 6.60. The molecule has 0 fully saturated rings. The van der Waals surface area contributed by atoms with Gasteiger partial charge in [0.2, 0.25) is 11.1 Å². The average Bonchev–Trinajstić information content (AvgIpc) is 3.10. The summed E-state index contributed by atoms with van der Waals surface area (Å²) in [5, 5.41) is 13.7. The van der Waals surface area contributed by atoms with Gasteiger partial charge in [0, 0.05) is 0 Å². The van der Waals surface area contributed by atoms with E-state index in [1.807, 2.05) is 32.0 Å². The lowest BCUT2D eigenvalue weighted by Crippen LogP contribution is -2.23. The zero-order chi connectivity index (χ0) is 22.1. The molecule has 3 aromatic rings. The third kappa shape index (κ3) is 4.93. The number of aromatic nitrogens is 4. The molecule has 0 bridgehead atoms. The van der Waals surface area contributed by atoms with Gasteiger partial charge in [-0.1, -0.05) is 41.1 Å². The zero-order valence-electron chi connectivity index (χ0n) is 16.2. The molecule has 0 saturated heterocycles. The minimum Gasteiger partial charge on any atom is -0.324 e. The molecule has 1 aromatic heterocycles. The Morgan fingerprint density at radius 2 is 1.93 bits per heavy atom. The van der Waals surface area contributed by atoms with Crippen molar-refractivity contribution < 1.29 is 18.0 Å². The van der Waals surface area contributed by atoms with Crippen molar-refractivity contribution in [3.8, 4) is 5.69 Å². The van der Waals surface area contributed by atoms with Gasteiger partial charge >= 0.3 is 6.18 Å². The molecule has 0 saturated carbocycles. The van der Waals surface area contributed by atoms with Gasteiger partial charge in [0.05, 0.1) is 27.2 Å². The fourth-order valence-corrected chi connectivity index (χ4v) is 3.66. The summed E-state index contributed by atoms with van der Waals surface area (Å²) in [7, 11) is 0. The van der Waals surface area contributed by atoms with Crippen molar-refractivity contribution >= 4 is 35.0 Å². The van der Waals surface area contributed by atoms with Crippen LogP contribution in [0.4, 0.5) is 18.9 Å². The number of benzene rings is 2. The number of anilines is 1. The Hall–Kier alpha value is -2.59. The molecule has 158 valence electrons. The van der Waals surface area contributed by atoms with Crippen LogP contribution in [0.2, 0.25) is 5.02 Å². The fraction of sp³-hybridized carbons (Fsp3) is 0.263. The highest BCUT2D eigenvalue weighted by Crippen LogP contribution is 2.34. The maximum absolute atomic E-state index is 12.9. The number of hydrogen-bond acceptors (Lipinski definition) is 5. The number of carbonyl (C=O) groups excluding carboxylic acids is 1. The van der Waals surface area contributed by atoms with E-state index in [0.29, 0.717) is 5.16 Å². The molecule has 6 nitrogen and oxygen atoms in total. The SMILES string of the molecule is Cc1ccc(-n2nnnc2SC(C)C(=O)Nc2cc(C(F)(F)F)ccc2Cl)c(C)c1. The monoisotopic (exact) mass is 455 g/mol. The number of halogens is 4. The highest BCUT2D eigenvalue weighted by Gasteiger charge is 2.31. The molecule has 0 radical (unpaired) electrons. The van der Waals surface area contributed by atoms with E-state index in [0.717, 1.165) is 46.8 Å². The maximum atomic E-state index is 12.9. The minimum atomic E-state index is -4.54. The normalized spacial score (nSPS) is 12.6. The quantitative estimate of drug-likeness (QED) is 0.544. The summed E-state index contributed by atoms with van der Waals surface area (Å²) in [6.07, 6.45) is -4.54. The van der Waals surface area contributed by atoms with Crippen molar-refractivity contribution in [2.75, 3.05) is 5.32 Å². The zero-order valence-corrected chi connectivity index (χ0v) is 17.7. The molecule has 2 aromatic carbocycles. The first-order chi connectivity index (χ1) is 14.1. The highest BCUT2D eigenvalue weighted by atomic mass is 35.5. The lowest BCUT2D eigenvalue weighted by Gasteiger charge is -2.15. The van der Waals surface area contributed by atoms with E-state index >= 15 is 0 Å². The Morgan fingerprint density at radius 3 is 2.60 bits per heavy atom. The number of rotatable bonds is 5. The maximum Gasteiger partial charge on any atom is 0.416 e. The topological polar surface area (TPSA) is 72.7 Å². The van der Waals surface area contributed by atoms with Gasteiger partial charge in [-0.15, -0.1) is 5.10 Å².